The zero-order chi connectivity index (χ0) is 20.7. The van der Waals surface area contributed by atoms with Crippen molar-refractivity contribution in [3.63, 3.8) is 0 Å². The molecule has 0 saturated carbocycles. The highest BCUT2D eigenvalue weighted by atomic mass is 19.4. The van der Waals surface area contributed by atoms with E-state index in [1.54, 1.807) is 0 Å². The molecular weight excluding hydrogens is 378 g/mol. The molecule has 0 radical (unpaired) electrons. The van der Waals surface area contributed by atoms with Gasteiger partial charge in [0, 0.05) is 19.7 Å². The van der Waals surface area contributed by atoms with Gasteiger partial charge in [-0.2, -0.15) is 13.2 Å². The lowest BCUT2D eigenvalue weighted by molar-refractivity contribution is -0.147. The van der Waals surface area contributed by atoms with E-state index in [0.29, 0.717) is 5.56 Å². The number of likely N-dealkylation sites (N-methyl/N-ethyl adjacent to an activating group) is 1. The molecule has 0 fully saturated rings. The zero-order valence-corrected chi connectivity index (χ0v) is 14.9. The number of hydrogen-bond donors (Lipinski definition) is 0. The Morgan fingerprint density at radius 1 is 1.11 bits per heavy atom. The van der Waals surface area contributed by atoms with Crippen molar-refractivity contribution in [3.05, 3.63) is 77.1 Å². The molecule has 0 N–H and O–H groups in total. The maximum atomic E-state index is 12.9. The second-order valence-corrected chi connectivity index (χ2v) is 5.94. The zero-order valence-electron chi connectivity index (χ0n) is 14.9. The van der Waals surface area contributed by atoms with Crippen molar-refractivity contribution in [1.29, 1.82) is 0 Å². The Morgan fingerprint density at radius 2 is 1.79 bits per heavy atom. The van der Waals surface area contributed by atoms with E-state index in [-0.39, 0.29) is 17.9 Å². The van der Waals surface area contributed by atoms with Gasteiger partial charge in [0.05, 0.1) is 5.56 Å². The third-order valence-electron chi connectivity index (χ3n) is 3.72. The number of ether oxygens (including phenoxy) is 1. The summed E-state index contributed by atoms with van der Waals surface area (Å²) in [7, 11) is 1.50. The summed E-state index contributed by atoms with van der Waals surface area (Å²) in [5.74, 6) is -1.73. The predicted molar refractivity (Wildman–Crippen MR) is 94.3 cm³/mol. The number of nitrogens with zero attached hydrogens (tertiary/aromatic N) is 1. The summed E-state index contributed by atoms with van der Waals surface area (Å²) in [5.41, 5.74) is 0.0418. The monoisotopic (exact) mass is 395 g/mol. The Labute approximate surface area is 159 Å². The van der Waals surface area contributed by atoms with Crippen molar-refractivity contribution in [3.8, 4) is 0 Å². The van der Waals surface area contributed by atoms with Crippen LogP contribution >= 0.6 is 0 Å². The molecule has 0 bridgehead atoms. The van der Waals surface area contributed by atoms with Crippen LogP contribution in [0, 0.1) is 5.82 Å². The molecule has 148 valence electrons. The highest BCUT2D eigenvalue weighted by Gasteiger charge is 2.30. The van der Waals surface area contributed by atoms with Crippen molar-refractivity contribution in [2.75, 3.05) is 13.7 Å². The van der Waals surface area contributed by atoms with Crippen LogP contribution in [0.3, 0.4) is 0 Å². The van der Waals surface area contributed by atoms with E-state index >= 15 is 0 Å². The van der Waals surface area contributed by atoms with Gasteiger partial charge in [-0.1, -0.05) is 24.3 Å². The standard InChI is InChI=1S/C20H17F4NO3/c1-25(12-15-5-8-17(21)9-6-15)18(26)13-28-19(27)10-7-14-3-2-4-16(11-14)20(22,23)24/h2-11H,12-13H2,1H3/b10-7+. The molecule has 2 rings (SSSR count). The molecule has 1 amide bonds. The van der Waals surface area contributed by atoms with Crippen molar-refractivity contribution in [1.82, 2.24) is 4.90 Å². The number of alkyl halides is 3. The Bertz CT molecular complexity index is 860. The van der Waals surface area contributed by atoms with E-state index in [4.69, 9.17) is 4.74 Å². The first-order chi connectivity index (χ1) is 13.1. The molecule has 0 spiro atoms. The van der Waals surface area contributed by atoms with Crippen molar-refractivity contribution < 1.29 is 31.9 Å². The average molecular weight is 395 g/mol. The van der Waals surface area contributed by atoms with Gasteiger partial charge in [-0.15, -0.1) is 0 Å². The number of esters is 1. The maximum absolute atomic E-state index is 12.9. The minimum atomic E-state index is -4.48. The Kier molecular flexibility index (Phi) is 6.92. The SMILES string of the molecule is CN(Cc1ccc(F)cc1)C(=O)COC(=O)/C=C/c1cccc(C(F)(F)F)c1. The second kappa shape index (κ2) is 9.16. The van der Waals surface area contributed by atoms with Crippen molar-refractivity contribution in [2.45, 2.75) is 12.7 Å². The third-order valence-corrected chi connectivity index (χ3v) is 3.72. The van der Waals surface area contributed by atoms with Gasteiger partial charge in [0.15, 0.2) is 6.61 Å². The number of amides is 1. The maximum Gasteiger partial charge on any atom is 0.416 e. The molecule has 0 aliphatic heterocycles. The summed E-state index contributed by atoms with van der Waals surface area (Å²) in [6, 6.07) is 10.0. The van der Waals surface area contributed by atoms with Gasteiger partial charge >= 0.3 is 12.1 Å². The van der Waals surface area contributed by atoms with Crippen LogP contribution in [0.25, 0.3) is 6.08 Å². The number of benzene rings is 2. The Hall–Kier alpha value is -3.16. The van der Waals surface area contributed by atoms with Gasteiger partial charge in [-0.05, 0) is 41.5 Å². The van der Waals surface area contributed by atoms with Gasteiger partial charge in [-0.25, -0.2) is 9.18 Å². The van der Waals surface area contributed by atoms with Crippen LogP contribution in [0.15, 0.2) is 54.6 Å². The first-order valence-electron chi connectivity index (χ1n) is 8.15. The fourth-order valence-electron chi connectivity index (χ4n) is 2.23. The molecule has 0 aliphatic rings. The number of halogens is 4. The van der Waals surface area contributed by atoms with E-state index in [0.717, 1.165) is 18.2 Å². The highest BCUT2D eigenvalue weighted by Crippen LogP contribution is 2.29. The van der Waals surface area contributed by atoms with Crippen LogP contribution in [-0.2, 0) is 27.0 Å². The third kappa shape index (κ3) is 6.53. The molecule has 0 unspecified atom stereocenters. The number of hydrogen-bond acceptors (Lipinski definition) is 3. The first-order valence-corrected chi connectivity index (χ1v) is 8.15. The number of carbonyl (C=O) groups is 2. The molecule has 0 saturated heterocycles. The summed E-state index contributed by atoms with van der Waals surface area (Å²) in [4.78, 5) is 25.0. The normalized spacial score (nSPS) is 11.5. The summed E-state index contributed by atoms with van der Waals surface area (Å²) in [5, 5.41) is 0. The molecule has 0 aromatic heterocycles. The lowest BCUT2D eigenvalue weighted by atomic mass is 10.1. The molecule has 4 nitrogen and oxygen atoms in total. The van der Waals surface area contributed by atoms with Crippen LogP contribution < -0.4 is 0 Å². The molecule has 0 aliphatic carbocycles. The van der Waals surface area contributed by atoms with Gasteiger partial charge < -0.3 is 9.64 Å². The molecule has 2 aromatic rings. The van der Waals surface area contributed by atoms with E-state index in [9.17, 15) is 27.2 Å². The van der Waals surface area contributed by atoms with Crippen LogP contribution in [0.4, 0.5) is 17.6 Å². The van der Waals surface area contributed by atoms with E-state index in [2.05, 4.69) is 0 Å². The van der Waals surface area contributed by atoms with E-state index in [1.807, 2.05) is 0 Å². The molecular formula is C20H17F4NO3. The topological polar surface area (TPSA) is 46.6 Å². The number of carbonyl (C=O) groups excluding carboxylic acids is 2. The Morgan fingerprint density at radius 3 is 2.43 bits per heavy atom. The summed E-state index contributed by atoms with van der Waals surface area (Å²) < 4.78 is 55.6. The quantitative estimate of drug-likeness (QED) is 0.421. The van der Waals surface area contributed by atoms with Crippen molar-refractivity contribution >= 4 is 18.0 Å². The van der Waals surface area contributed by atoms with Crippen LogP contribution in [0.5, 0.6) is 0 Å². The van der Waals surface area contributed by atoms with E-state index in [1.165, 1.54) is 54.4 Å². The minimum Gasteiger partial charge on any atom is -0.452 e. The van der Waals surface area contributed by atoms with E-state index < -0.39 is 30.2 Å². The van der Waals surface area contributed by atoms with Gasteiger partial charge in [-0.3, -0.25) is 4.79 Å². The summed E-state index contributed by atoms with van der Waals surface area (Å²) >= 11 is 0. The number of rotatable bonds is 6. The lowest BCUT2D eigenvalue weighted by Gasteiger charge is -2.16. The fourth-order valence-corrected chi connectivity index (χ4v) is 2.23. The van der Waals surface area contributed by atoms with Gasteiger partial charge in [0.2, 0.25) is 0 Å². The second-order valence-electron chi connectivity index (χ2n) is 5.94. The average Bonchev–Trinajstić information content (AvgIpc) is 2.65. The summed E-state index contributed by atoms with van der Waals surface area (Å²) in [6.45, 7) is -0.319. The lowest BCUT2D eigenvalue weighted by Crippen LogP contribution is -2.30. The van der Waals surface area contributed by atoms with Crippen molar-refractivity contribution in [2.24, 2.45) is 0 Å². The van der Waals surface area contributed by atoms with Crippen LogP contribution in [0.2, 0.25) is 0 Å². The smallest absolute Gasteiger partial charge is 0.416 e. The molecule has 28 heavy (non-hydrogen) atoms. The predicted octanol–water partition coefficient (Wildman–Crippen LogP) is 4.06. The van der Waals surface area contributed by atoms with Gasteiger partial charge in [0.1, 0.15) is 5.82 Å². The van der Waals surface area contributed by atoms with Crippen LogP contribution in [-0.4, -0.2) is 30.4 Å². The molecule has 8 heteroatoms. The van der Waals surface area contributed by atoms with Gasteiger partial charge in [0.25, 0.3) is 5.91 Å². The minimum absolute atomic E-state index is 0.173. The molecule has 0 atom stereocenters. The largest absolute Gasteiger partial charge is 0.452 e. The van der Waals surface area contributed by atoms with Crippen LogP contribution in [0.1, 0.15) is 16.7 Å². The Balaban J connectivity index is 1.85. The summed E-state index contributed by atoms with van der Waals surface area (Å²) in [6.07, 6.45) is -2.36. The molecule has 0 heterocycles. The molecule has 2 aromatic carbocycles. The fraction of sp³-hybridized carbons (Fsp3) is 0.200. The first kappa shape index (κ1) is 21.1. The highest BCUT2D eigenvalue weighted by molar-refractivity contribution is 5.89.